The first kappa shape index (κ1) is 18.3. The Morgan fingerprint density at radius 3 is 2.18 bits per heavy atom. The molecular weight excluding hydrogens is 264 g/mol. The topological polar surface area (TPSA) is 0 Å². The van der Waals surface area contributed by atoms with Gasteiger partial charge in [0.2, 0.25) is 0 Å². The summed E-state index contributed by atoms with van der Waals surface area (Å²) in [6, 6.07) is 0. The number of hydrogen-bond acceptors (Lipinski definition) is 0. The van der Waals surface area contributed by atoms with Gasteiger partial charge in [-0.1, -0.05) is 73.6 Å². The molecule has 0 heteroatoms. The summed E-state index contributed by atoms with van der Waals surface area (Å²) in [7, 11) is 0. The van der Waals surface area contributed by atoms with Gasteiger partial charge in [0, 0.05) is 0 Å². The van der Waals surface area contributed by atoms with Crippen molar-refractivity contribution in [3.05, 3.63) is 0 Å². The Morgan fingerprint density at radius 1 is 1.05 bits per heavy atom. The average Bonchev–Trinajstić information content (AvgIpc) is 3.00. The van der Waals surface area contributed by atoms with Crippen LogP contribution in [-0.4, -0.2) is 0 Å². The van der Waals surface area contributed by atoms with Crippen LogP contribution in [0.25, 0.3) is 0 Å². The predicted molar refractivity (Wildman–Crippen MR) is 99.0 cm³/mol. The molecule has 2 aliphatic rings. The molecule has 0 amide bonds. The third-order valence-electron chi connectivity index (χ3n) is 7.37. The van der Waals surface area contributed by atoms with E-state index in [0.717, 1.165) is 35.5 Å². The Morgan fingerprint density at radius 2 is 1.73 bits per heavy atom. The van der Waals surface area contributed by atoms with Gasteiger partial charge in [0.25, 0.3) is 0 Å². The summed E-state index contributed by atoms with van der Waals surface area (Å²) < 4.78 is 0. The molecule has 22 heavy (non-hydrogen) atoms. The highest BCUT2D eigenvalue weighted by atomic mass is 14.6. The Bertz CT molecular complexity index is 331. The van der Waals surface area contributed by atoms with Crippen molar-refractivity contribution in [3.8, 4) is 0 Å². The maximum Gasteiger partial charge on any atom is -0.0264 e. The molecule has 0 saturated heterocycles. The second-order valence-corrected chi connectivity index (χ2v) is 9.58. The Kier molecular flexibility index (Phi) is 6.43. The molecule has 0 heterocycles. The van der Waals surface area contributed by atoms with Crippen LogP contribution in [0.15, 0.2) is 0 Å². The second kappa shape index (κ2) is 7.71. The minimum Gasteiger partial charge on any atom is -0.0654 e. The van der Waals surface area contributed by atoms with Gasteiger partial charge in [0.05, 0.1) is 0 Å². The van der Waals surface area contributed by atoms with Gasteiger partial charge in [0.15, 0.2) is 0 Å². The zero-order valence-electron chi connectivity index (χ0n) is 16.3. The lowest BCUT2D eigenvalue weighted by molar-refractivity contribution is 0.0295. The van der Waals surface area contributed by atoms with E-state index in [0.29, 0.717) is 5.41 Å². The normalized spacial score (nSPS) is 35.6. The zero-order chi connectivity index (χ0) is 16.3. The molecule has 0 N–H and O–H groups in total. The fourth-order valence-electron chi connectivity index (χ4n) is 5.74. The van der Waals surface area contributed by atoms with Crippen molar-refractivity contribution in [2.45, 2.75) is 99.3 Å². The summed E-state index contributed by atoms with van der Waals surface area (Å²) in [5, 5.41) is 0. The quantitative estimate of drug-likeness (QED) is 0.418. The van der Waals surface area contributed by atoms with Crippen LogP contribution >= 0.6 is 0 Å². The summed E-state index contributed by atoms with van der Waals surface area (Å²) in [5.74, 6) is 5.90. The minimum atomic E-state index is 0.616. The van der Waals surface area contributed by atoms with Crippen molar-refractivity contribution < 1.29 is 0 Å². The molecule has 2 aliphatic carbocycles. The summed E-state index contributed by atoms with van der Waals surface area (Å²) >= 11 is 0. The van der Waals surface area contributed by atoms with E-state index in [4.69, 9.17) is 0 Å². The highest BCUT2D eigenvalue weighted by molar-refractivity contribution is 5.01. The summed E-state index contributed by atoms with van der Waals surface area (Å²) in [6.45, 7) is 15.0. The minimum absolute atomic E-state index is 0.616. The van der Waals surface area contributed by atoms with E-state index in [1.54, 1.807) is 0 Å². The first-order valence-corrected chi connectivity index (χ1v) is 10.4. The second-order valence-electron chi connectivity index (χ2n) is 9.58. The Balaban J connectivity index is 2.19. The van der Waals surface area contributed by atoms with Crippen molar-refractivity contribution in [2.75, 3.05) is 0 Å². The lowest BCUT2D eigenvalue weighted by atomic mass is 9.59. The van der Waals surface area contributed by atoms with Gasteiger partial charge in [-0.2, -0.15) is 0 Å². The van der Waals surface area contributed by atoms with Gasteiger partial charge < -0.3 is 0 Å². The standard InChI is InChI=1S/C22H42/c1-7-8-11-21(19-15-18(19)5)22(6,14-13-16(2)3)20-12-9-10-17(20)4/h16-21H,7-15H2,1-6H3. The van der Waals surface area contributed by atoms with E-state index in [2.05, 4.69) is 41.5 Å². The highest BCUT2D eigenvalue weighted by Gasteiger charge is 2.51. The van der Waals surface area contributed by atoms with Crippen LogP contribution in [0.3, 0.4) is 0 Å². The number of hydrogen-bond donors (Lipinski definition) is 0. The smallest absolute Gasteiger partial charge is 0.0264 e. The fraction of sp³-hybridized carbons (Fsp3) is 1.00. The van der Waals surface area contributed by atoms with E-state index in [-0.39, 0.29) is 0 Å². The third-order valence-corrected chi connectivity index (χ3v) is 7.37. The SMILES string of the molecule is CCCCC(C1CC1C)C(C)(CCC(C)C)C1CCCC1C. The highest BCUT2D eigenvalue weighted by Crippen LogP contribution is 2.60. The van der Waals surface area contributed by atoms with Crippen molar-refractivity contribution in [1.82, 2.24) is 0 Å². The summed E-state index contributed by atoms with van der Waals surface area (Å²) in [5.41, 5.74) is 0.616. The lowest BCUT2D eigenvalue weighted by Crippen LogP contribution is -2.38. The maximum absolute atomic E-state index is 2.72. The molecule has 2 fully saturated rings. The Labute approximate surface area is 140 Å². The average molecular weight is 307 g/mol. The number of unbranched alkanes of at least 4 members (excludes halogenated alkanes) is 1. The van der Waals surface area contributed by atoms with Gasteiger partial charge in [-0.05, 0) is 66.6 Å². The van der Waals surface area contributed by atoms with E-state index in [1.165, 1.54) is 57.8 Å². The van der Waals surface area contributed by atoms with Crippen molar-refractivity contribution in [3.63, 3.8) is 0 Å². The monoisotopic (exact) mass is 306 g/mol. The molecule has 0 aromatic carbocycles. The van der Waals surface area contributed by atoms with Crippen LogP contribution in [0.1, 0.15) is 99.3 Å². The summed E-state index contributed by atoms with van der Waals surface area (Å²) in [6.07, 6.45) is 13.3. The van der Waals surface area contributed by atoms with Crippen LogP contribution in [0.5, 0.6) is 0 Å². The van der Waals surface area contributed by atoms with Gasteiger partial charge in [-0.3, -0.25) is 0 Å². The van der Waals surface area contributed by atoms with Crippen LogP contribution in [0.2, 0.25) is 0 Å². The predicted octanol–water partition coefficient (Wildman–Crippen LogP) is 7.33. The van der Waals surface area contributed by atoms with Crippen molar-refractivity contribution in [1.29, 1.82) is 0 Å². The van der Waals surface area contributed by atoms with Crippen LogP contribution in [-0.2, 0) is 0 Å². The molecule has 0 aromatic heterocycles. The van der Waals surface area contributed by atoms with Gasteiger partial charge >= 0.3 is 0 Å². The number of rotatable bonds is 9. The molecule has 0 aliphatic heterocycles. The molecule has 0 aromatic rings. The van der Waals surface area contributed by atoms with Gasteiger partial charge in [-0.15, -0.1) is 0 Å². The Hall–Kier alpha value is 0. The molecule has 130 valence electrons. The van der Waals surface area contributed by atoms with Crippen molar-refractivity contribution >= 4 is 0 Å². The largest absolute Gasteiger partial charge is 0.0654 e. The maximum atomic E-state index is 2.72. The molecule has 0 nitrogen and oxygen atoms in total. The first-order valence-electron chi connectivity index (χ1n) is 10.4. The molecule has 0 bridgehead atoms. The van der Waals surface area contributed by atoms with Crippen LogP contribution in [0, 0.1) is 40.9 Å². The van der Waals surface area contributed by atoms with E-state index in [1.807, 2.05) is 0 Å². The van der Waals surface area contributed by atoms with Crippen molar-refractivity contribution in [2.24, 2.45) is 40.9 Å². The lowest BCUT2D eigenvalue weighted by Gasteiger charge is -2.46. The molecule has 6 atom stereocenters. The molecule has 6 unspecified atom stereocenters. The van der Waals surface area contributed by atoms with E-state index >= 15 is 0 Å². The molecule has 2 saturated carbocycles. The van der Waals surface area contributed by atoms with Gasteiger partial charge in [0.1, 0.15) is 0 Å². The van der Waals surface area contributed by atoms with Crippen LogP contribution < -0.4 is 0 Å². The van der Waals surface area contributed by atoms with E-state index < -0.39 is 0 Å². The molecule has 2 rings (SSSR count). The van der Waals surface area contributed by atoms with Gasteiger partial charge in [-0.25, -0.2) is 0 Å². The van der Waals surface area contributed by atoms with E-state index in [9.17, 15) is 0 Å². The first-order chi connectivity index (χ1) is 10.4. The zero-order valence-corrected chi connectivity index (χ0v) is 16.3. The molecular formula is C22H42. The molecule has 0 spiro atoms. The summed E-state index contributed by atoms with van der Waals surface area (Å²) in [4.78, 5) is 0. The van der Waals surface area contributed by atoms with Crippen LogP contribution in [0.4, 0.5) is 0 Å². The third kappa shape index (κ3) is 4.09. The molecule has 0 radical (unpaired) electrons. The fourth-order valence-corrected chi connectivity index (χ4v) is 5.74.